The van der Waals surface area contributed by atoms with E-state index in [-0.39, 0.29) is 10.8 Å². The highest BCUT2D eigenvalue weighted by Crippen LogP contribution is 2.27. The Bertz CT molecular complexity index is 573. The van der Waals surface area contributed by atoms with Crippen LogP contribution >= 0.6 is 27.5 Å². The van der Waals surface area contributed by atoms with Crippen molar-refractivity contribution in [1.29, 1.82) is 0 Å². The topological polar surface area (TPSA) is 46.6 Å². The van der Waals surface area contributed by atoms with Crippen LogP contribution in [0.2, 0.25) is 5.02 Å². The molecule has 1 aromatic carbocycles. The van der Waals surface area contributed by atoms with Crippen molar-refractivity contribution in [2.75, 3.05) is 26.3 Å². The first kappa shape index (κ1) is 16.2. The molecule has 20 heavy (non-hydrogen) atoms. The Morgan fingerprint density at radius 2 is 2.25 bits per heavy atom. The van der Waals surface area contributed by atoms with Gasteiger partial charge in [-0.2, -0.15) is 4.31 Å². The van der Waals surface area contributed by atoms with E-state index in [9.17, 15) is 8.42 Å². The quantitative estimate of drug-likeness (QED) is 0.786. The van der Waals surface area contributed by atoms with Crippen LogP contribution in [0, 0.1) is 5.92 Å². The second-order valence-electron chi connectivity index (χ2n) is 4.76. The van der Waals surface area contributed by atoms with Gasteiger partial charge in [-0.1, -0.05) is 18.5 Å². The molecule has 0 radical (unpaired) electrons. The maximum Gasteiger partial charge on any atom is 0.243 e. The molecule has 0 bridgehead atoms. The molecule has 0 aliphatic carbocycles. The molecule has 0 amide bonds. The summed E-state index contributed by atoms with van der Waals surface area (Å²) < 4.78 is 32.7. The minimum absolute atomic E-state index is 0.259. The SMILES string of the molecule is CCN(CC1CCOC1)S(=O)(=O)c1ccc(Cl)c(Br)c1. The van der Waals surface area contributed by atoms with E-state index >= 15 is 0 Å². The van der Waals surface area contributed by atoms with Gasteiger partial charge in [-0.15, -0.1) is 0 Å². The Hall–Kier alpha value is -0.140. The van der Waals surface area contributed by atoms with Crippen LogP contribution in [0.15, 0.2) is 27.6 Å². The number of nitrogens with zero attached hydrogens (tertiary/aromatic N) is 1. The van der Waals surface area contributed by atoms with Gasteiger partial charge in [-0.25, -0.2) is 8.42 Å². The van der Waals surface area contributed by atoms with Gasteiger partial charge in [0, 0.05) is 24.2 Å². The molecular weight excluding hydrogens is 366 g/mol. The molecule has 1 heterocycles. The van der Waals surface area contributed by atoms with Crippen molar-refractivity contribution in [2.45, 2.75) is 18.2 Å². The summed E-state index contributed by atoms with van der Waals surface area (Å²) in [7, 11) is -3.49. The van der Waals surface area contributed by atoms with Crippen molar-refractivity contribution in [3.05, 3.63) is 27.7 Å². The number of rotatable bonds is 5. The van der Waals surface area contributed by atoms with Crippen LogP contribution in [0.1, 0.15) is 13.3 Å². The van der Waals surface area contributed by atoms with Crippen LogP contribution in [-0.4, -0.2) is 39.0 Å². The van der Waals surface area contributed by atoms with Crippen LogP contribution in [0.25, 0.3) is 0 Å². The standard InChI is InChI=1S/C13H17BrClNO3S/c1-2-16(8-10-5-6-19-9-10)20(17,18)11-3-4-13(15)12(14)7-11/h3-4,7,10H,2,5-6,8-9H2,1H3. The van der Waals surface area contributed by atoms with Crippen LogP contribution in [0.4, 0.5) is 0 Å². The average molecular weight is 383 g/mol. The highest BCUT2D eigenvalue weighted by molar-refractivity contribution is 9.10. The van der Waals surface area contributed by atoms with E-state index in [1.165, 1.54) is 10.4 Å². The molecule has 1 saturated heterocycles. The van der Waals surface area contributed by atoms with Gasteiger partial charge in [0.05, 0.1) is 16.5 Å². The zero-order chi connectivity index (χ0) is 14.8. The van der Waals surface area contributed by atoms with Crippen LogP contribution in [-0.2, 0) is 14.8 Å². The summed E-state index contributed by atoms with van der Waals surface area (Å²) in [6, 6.07) is 4.67. The zero-order valence-corrected chi connectivity index (χ0v) is 14.3. The monoisotopic (exact) mass is 381 g/mol. The third-order valence-electron chi connectivity index (χ3n) is 3.37. The summed E-state index contributed by atoms with van der Waals surface area (Å²) in [6.45, 7) is 4.14. The molecule has 112 valence electrons. The number of hydrogen-bond acceptors (Lipinski definition) is 3. The maximum absolute atomic E-state index is 12.6. The Labute approximate surface area is 133 Å². The summed E-state index contributed by atoms with van der Waals surface area (Å²) in [6.07, 6.45) is 0.913. The summed E-state index contributed by atoms with van der Waals surface area (Å²) in [5, 5.41) is 0.496. The van der Waals surface area contributed by atoms with E-state index in [2.05, 4.69) is 15.9 Å². The second-order valence-corrected chi connectivity index (χ2v) is 7.96. The van der Waals surface area contributed by atoms with Gasteiger partial charge >= 0.3 is 0 Å². The first-order valence-electron chi connectivity index (χ1n) is 6.48. The molecule has 1 atom stereocenters. The molecule has 7 heteroatoms. The van der Waals surface area contributed by atoms with Crippen molar-refractivity contribution < 1.29 is 13.2 Å². The molecule has 1 unspecified atom stereocenters. The van der Waals surface area contributed by atoms with Gasteiger partial charge in [0.1, 0.15) is 0 Å². The predicted octanol–water partition coefficient (Wildman–Crippen LogP) is 3.15. The minimum Gasteiger partial charge on any atom is -0.381 e. The van der Waals surface area contributed by atoms with E-state index in [1.54, 1.807) is 12.1 Å². The molecule has 4 nitrogen and oxygen atoms in total. The Balaban J connectivity index is 2.23. The molecule has 0 N–H and O–H groups in total. The largest absolute Gasteiger partial charge is 0.381 e. The van der Waals surface area contributed by atoms with Crippen molar-refractivity contribution in [1.82, 2.24) is 4.31 Å². The molecule has 0 aromatic heterocycles. The van der Waals surface area contributed by atoms with Crippen LogP contribution in [0.3, 0.4) is 0 Å². The fraction of sp³-hybridized carbons (Fsp3) is 0.538. The van der Waals surface area contributed by atoms with Crippen LogP contribution in [0.5, 0.6) is 0 Å². The third-order valence-corrected chi connectivity index (χ3v) is 6.52. The first-order valence-corrected chi connectivity index (χ1v) is 9.09. The summed E-state index contributed by atoms with van der Waals surface area (Å²) in [4.78, 5) is 0.259. The highest BCUT2D eigenvalue weighted by atomic mass is 79.9. The first-order chi connectivity index (χ1) is 9.45. The Kier molecular flexibility index (Phi) is 5.48. The van der Waals surface area contributed by atoms with Crippen molar-refractivity contribution in [2.24, 2.45) is 5.92 Å². The fourth-order valence-electron chi connectivity index (χ4n) is 2.20. The minimum atomic E-state index is -3.49. The lowest BCUT2D eigenvalue weighted by Gasteiger charge is -2.23. The van der Waals surface area contributed by atoms with Gasteiger partial charge < -0.3 is 4.74 Å². The Morgan fingerprint density at radius 3 is 2.80 bits per heavy atom. The van der Waals surface area contributed by atoms with E-state index in [4.69, 9.17) is 16.3 Å². The van der Waals surface area contributed by atoms with Gasteiger partial charge in [0.25, 0.3) is 0 Å². The lowest BCUT2D eigenvalue weighted by Crippen LogP contribution is -2.35. The van der Waals surface area contributed by atoms with E-state index in [0.717, 1.165) is 13.0 Å². The lowest BCUT2D eigenvalue weighted by molar-refractivity contribution is 0.181. The smallest absolute Gasteiger partial charge is 0.243 e. The number of benzene rings is 1. The highest BCUT2D eigenvalue weighted by Gasteiger charge is 2.28. The predicted molar refractivity (Wildman–Crippen MR) is 82.5 cm³/mol. The number of halogens is 2. The number of ether oxygens (including phenoxy) is 1. The Morgan fingerprint density at radius 1 is 1.50 bits per heavy atom. The van der Waals surface area contributed by atoms with E-state index in [1.807, 2.05) is 6.92 Å². The van der Waals surface area contributed by atoms with Crippen LogP contribution < -0.4 is 0 Å². The van der Waals surface area contributed by atoms with E-state index in [0.29, 0.717) is 29.2 Å². The zero-order valence-electron chi connectivity index (χ0n) is 11.2. The summed E-state index contributed by atoms with van der Waals surface area (Å²) in [5.74, 6) is 0.278. The number of hydrogen-bond donors (Lipinski definition) is 0. The summed E-state index contributed by atoms with van der Waals surface area (Å²) in [5.41, 5.74) is 0. The second kappa shape index (κ2) is 6.75. The average Bonchev–Trinajstić information content (AvgIpc) is 2.91. The normalized spacial score (nSPS) is 19.7. The fourth-order valence-corrected chi connectivity index (χ4v) is 4.40. The van der Waals surface area contributed by atoms with Crippen molar-refractivity contribution >= 4 is 37.6 Å². The number of sulfonamides is 1. The molecule has 2 rings (SSSR count). The van der Waals surface area contributed by atoms with E-state index < -0.39 is 10.0 Å². The van der Waals surface area contributed by atoms with Gasteiger partial charge in [0.2, 0.25) is 10.0 Å². The molecule has 1 aliphatic rings. The van der Waals surface area contributed by atoms with Gasteiger partial charge in [-0.05, 0) is 46.5 Å². The molecule has 1 fully saturated rings. The molecular formula is C13H17BrClNO3S. The molecule has 1 aliphatic heterocycles. The molecule has 0 spiro atoms. The maximum atomic E-state index is 12.6. The van der Waals surface area contributed by atoms with Gasteiger partial charge in [-0.3, -0.25) is 0 Å². The van der Waals surface area contributed by atoms with Crippen molar-refractivity contribution in [3.63, 3.8) is 0 Å². The summed E-state index contributed by atoms with van der Waals surface area (Å²) >= 11 is 9.17. The molecule has 0 saturated carbocycles. The van der Waals surface area contributed by atoms with Gasteiger partial charge in [0.15, 0.2) is 0 Å². The molecule has 1 aromatic rings. The van der Waals surface area contributed by atoms with Crippen molar-refractivity contribution in [3.8, 4) is 0 Å². The lowest BCUT2D eigenvalue weighted by atomic mass is 10.1. The third kappa shape index (κ3) is 3.54.